The smallest absolute Gasteiger partial charge is 0.319 e. The molecule has 1 aromatic rings. The highest BCUT2D eigenvalue weighted by Crippen LogP contribution is 2.38. The molecule has 12 heteroatoms. The molecular formula is C40H69N5O7. The highest BCUT2D eigenvalue weighted by atomic mass is 16.7. The number of aliphatic hydroxyl groups is 1. The average molecular weight is 732 g/mol. The van der Waals surface area contributed by atoms with Crippen molar-refractivity contribution in [2.45, 2.75) is 143 Å². The van der Waals surface area contributed by atoms with Gasteiger partial charge >= 0.3 is 5.97 Å². The van der Waals surface area contributed by atoms with Crippen molar-refractivity contribution in [2.24, 2.45) is 23.2 Å². The number of esters is 1. The number of methoxy groups -OCH3 is 1. The minimum atomic E-state index is -1.43. The average Bonchev–Trinajstić information content (AvgIpc) is 3.10. The normalized spacial score (nSPS) is 34.3. The van der Waals surface area contributed by atoms with Crippen LogP contribution in [0.25, 0.3) is 0 Å². The van der Waals surface area contributed by atoms with E-state index in [1.165, 1.54) is 5.56 Å². The zero-order valence-electron chi connectivity index (χ0n) is 34.0. The molecule has 2 saturated heterocycles. The largest absolute Gasteiger partial charge is 0.463 e. The third-order valence-corrected chi connectivity index (χ3v) is 11.8. The van der Waals surface area contributed by atoms with E-state index in [9.17, 15) is 14.7 Å². The number of hydrogen-bond donors (Lipinski definition) is 1. The molecule has 4 heterocycles. The van der Waals surface area contributed by atoms with Gasteiger partial charge in [0, 0.05) is 68.6 Å². The monoisotopic (exact) mass is 732 g/mol. The molecule has 9 atom stereocenters. The van der Waals surface area contributed by atoms with Crippen LogP contribution in [0.15, 0.2) is 12.5 Å². The standard InChI is InChI=1S/C40H69N5O7/c1-26(2)14-18-45-22-27(3)20-40(8,49-11)36(52-37-34(46)33(43(9)10)19-28(4)51-37)29(5)35(47)39(6,7)38(48)50-24-31(45)13-12-16-44-17-15-32-30(23-44)21-41-25-42-32/h21,25-29,31,33-34,36-37,46H,12-20,22-24H2,1-11H3/t27-,28-,29+,31-,33+,34-,36-,37+,40-/m1/s1. The van der Waals surface area contributed by atoms with Gasteiger partial charge in [-0.05, 0) is 98.8 Å². The molecule has 1 N–H and O–H groups in total. The van der Waals surface area contributed by atoms with Gasteiger partial charge in [-0.25, -0.2) is 9.97 Å². The van der Waals surface area contributed by atoms with Crippen LogP contribution in [0.5, 0.6) is 0 Å². The number of ketones is 1. The third-order valence-electron chi connectivity index (χ3n) is 11.8. The van der Waals surface area contributed by atoms with Crippen molar-refractivity contribution in [1.29, 1.82) is 0 Å². The highest BCUT2D eigenvalue weighted by molar-refractivity contribution is 6.04. The first-order valence-corrected chi connectivity index (χ1v) is 19.6. The minimum Gasteiger partial charge on any atom is -0.463 e. The summed E-state index contributed by atoms with van der Waals surface area (Å²) in [5, 5.41) is 11.4. The van der Waals surface area contributed by atoms with Crippen LogP contribution in [-0.4, -0.2) is 138 Å². The highest BCUT2D eigenvalue weighted by Gasteiger charge is 2.51. The first-order chi connectivity index (χ1) is 24.5. The number of aliphatic hydroxyl groups excluding tert-OH is 1. The van der Waals surface area contributed by atoms with Gasteiger partial charge in [0.05, 0.1) is 17.8 Å². The summed E-state index contributed by atoms with van der Waals surface area (Å²) in [6.45, 7) is 20.3. The van der Waals surface area contributed by atoms with Crippen molar-refractivity contribution in [2.75, 3.05) is 54.0 Å². The lowest BCUT2D eigenvalue weighted by molar-refractivity contribution is -0.295. The van der Waals surface area contributed by atoms with Crippen molar-refractivity contribution in [3.8, 4) is 0 Å². The Kier molecular flexibility index (Phi) is 15.2. The Bertz CT molecular complexity index is 1310. The van der Waals surface area contributed by atoms with Gasteiger partial charge in [0.2, 0.25) is 0 Å². The van der Waals surface area contributed by atoms with E-state index in [0.29, 0.717) is 18.8 Å². The van der Waals surface area contributed by atoms with E-state index in [2.05, 4.69) is 40.5 Å². The molecule has 0 aromatic carbocycles. The number of carbonyl (C=O) groups excluding carboxylic acids is 2. The van der Waals surface area contributed by atoms with E-state index >= 15 is 0 Å². The Morgan fingerprint density at radius 3 is 2.54 bits per heavy atom. The molecule has 0 spiro atoms. The maximum absolute atomic E-state index is 14.4. The van der Waals surface area contributed by atoms with Crippen LogP contribution in [0.2, 0.25) is 0 Å². The number of nitrogens with zero attached hydrogens (tertiary/aromatic N) is 5. The Morgan fingerprint density at radius 2 is 1.87 bits per heavy atom. The van der Waals surface area contributed by atoms with Crippen molar-refractivity contribution in [1.82, 2.24) is 24.7 Å². The molecule has 0 amide bonds. The second-order valence-corrected chi connectivity index (χ2v) is 17.3. The van der Waals surface area contributed by atoms with Crippen LogP contribution in [0, 0.1) is 23.2 Å². The molecule has 0 unspecified atom stereocenters. The van der Waals surface area contributed by atoms with Crippen molar-refractivity contribution in [3.63, 3.8) is 0 Å². The zero-order valence-corrected chi connectivity index (χ0v) is 34.0. The summed E-state index contributed by atoms with van der Waals surface area (Å²) in [6.07, 6.45) is 5.65. The van der Waals surface area contributed by atoms with Gasteiger partial charge in [0.15, 0.2) is 12.1 Å². The Balaban J connectivity index is 1.61. The summed E-state index contributed by atoms with van der Waals surface area (Å²) in [4.78, 5) is 44.0. The summed E-state index contributed by atoms with van der Waals surface area (Å²) in [5.74, 6) is -0.941. The molecular weight excluding hydrogens is 662 g/mol. The summed E-state index contributed by atoms with van der Waals surface area (Å²) >= 11 is 0. The number of fused-ring (bicyclic) bond motifs is 1. The molecule has 2 fully saturated rings. The van der Waals surface area contributed by atoms with Gasteiger partial charge in [-0.3, -0.25) is 19.4 Å². The van der Waals surface area contributed by atoms with Crippen LogP contribution >= 0.6 is 0 Å². The number of aromatic nitrogens is 2. The van der Waals surface area contributed by atoms with E-state index < -0.39 is 41.4 Å². The first-order valence-electron chi connectivity index (χ1n) is 19.6. The predicted octanol–water partition coefficient (Wildman–Crippen LogP) is 4.36. The summed E-state index contributed by atoms with van der Waals surface area (Å²) in [7, 11) is 5.53. The molecule has 0 bridgehead atoms. The van der Waals surface area contributed by atoms with Gasteiger partial charge < -0.3 is 29.0 Å². The number of hydrogen-bond acceptors (Lipinski definition) is 12. The van der Waals surface area contributed by atoms with Gasteiger partial charge in [0.1, 0.15) is 24.5 Å². The Hall–Kier alpha value is -2.06. The Morgan fingerprint density at radius 1 is 1.13 bits per heavy atom. The summed E-state index contributed by atoms with van der Waals surface area (Å²) in [5.41, 5.74) is -0.0392. The lowest BCUT2D eigenvalue weighted by atomic mass is 9.74. The molecule has 3 aliphatic heterocycles. The minimum absolute atomic E-state index is 0.00859. The third kappa shape index (κ3) is 10.6. The number of rotatable bonds is 11. The van der Waals surface area contributed by atoms with Gasteiger partial charge in [-0.2, -0.15) is 0 Å². The Labute approximate surface area is 313 Å². The number of cyclic esters (lactones) is 1. The summed E-state index contributed by atoms with van der Waals surface area (Å²) in [6, 6.07) is -0.189. The maximum Gasteiger partial charge on any atom is 0.319 e. The van der Waals surface area contributed by atoms with E-state index in [4.69, 9.17) is 18.9 Å². The number of carbonyl (C=O) groups is 2. The van der Waals surface area contributed by atoms with Gasteiger partial charge in [0.25, 0.3) is 0 Å². The second kappa shape index (κ2) is 18.5. The van der Waals surface area contributed by atoms with E-state index in [-0.39, 0.29) is 36.5 Å². The molecule has 52 heavy (non-hydrogen) atoms. The van der Waals surface area contributed by atoms with Crippen molar-refractivity contribution < 1.29 is 33.6 Å². The van der Waals surface area contributed by atoms with Gasteiger partial charge in [-0.15, -0.1) is 0 Å². The number of Topliss-reactive ketones (excluding diaryl/α,β-unsaturated/α-hetero) is 1. The molecule has 0 radical (unpaired) electrons. The molecule has 0 aliphatic carbocycles. The van der Waals surface area contributed by atoms with Crippen LogP contribution in [0.4, 0.5) is 0 Å². The molecule has 3 aliphatic rings. The molecule has 4 rings (SSSR count). The van der Waals surface area contributed by atoms with E-state index in [1.54, 1.807) is 34.2 Å². The van der Waals surface area contributed by atoms with E-state index in [0.717, 1.165) is 64.1 Å². The van der Waals surface area contributed by atoms with Crippen LogP contribution < -0.4 is 0 Å². The number of likely N-dealkylation sites (N-methyl/N-ethyl adjacent to an activating group) is 1. The fourth-order valence-electron chi connectivity index (χ4n) is 8.51. The van der Waals surface area contributed by atoms with E-state index in [1.807, 2.05) is 39.0 Å². The molecule has 0 saturated carbocycles. The number of ether oxygens (including phenoxy) is 4. The van der Waals surface area contributed by atoms with Crippen LogP contribution in [0.3, 0.4) is 0 Å². The summed E-state index contributed by atoms with van der Waals surface area (Å²) < 4.78 is 25.4. The topological polar surface area (TPSA) is 127 Å². The molecule has 296 valence electrons. The first kappa shape index (κ1) is 42.7. The molecule has 1 aromatic heterocycles. The molecule has 12 nitrogen and oxygen atoms in total. The lowest BCUT2D eigenvalue weighted by Crippen LogP contribution is -2.59. The van der Waals surface area contributed by atoms with Gasteiger partial charge in [-0.1, -0.05) is 27.7 Å². The van der Waals surface area contributed by atoms with Crippen LogP contribution in [0.1, 0.15) is 98.8 Å². The van der Waals surface area contributed by atoms with Crippen LogP contribution in [-0.2, 0) is 41.5 Å². The zero-order chi connectivity index (χ0) is 38.4. The maximum atomic E-state index is 14.4. The lowest BCUT2D eigenvalue weighted by Gasteiger charge is -2.47. The second-order valence-electron chi connectivity index (χ2n) is 17.3. The predicted molar refractivity (Wildman–Crippen MR) is 200 cm³/mol. The SMILES string of the molecule is CO[C@]1(C)C[C@@H](C)CN(CCC(C)C)[C@H](CCCN2CCc3ncncc3C2)COC(=O)C(C)(C)C(=O)[C@H](C)[C@H]1O[C@@H]1O[C@H](C)C[C@H](N(C)C)[C@H]1O. The fraction of sp³-hybridized carbons (Fsp3) is 0.850. The van der Waals surface area contributed by atoms with Crippen molar-refractivity contribution in [3.05, 3.63) is 23.8 Å². The fourth-order valence-corrected chi connectivity index (χ4v) is 8.51. The quantitative estimate of drug-likeness (QED) is 0.257. The van der Waals surface area contributed by atoms with Crippen molar-refractivity contribution >= 4 is 11.8 Å².